The molecule has 0 aliphatic rings. The Kier molecular flexibility index (Phi) is 4.67. The van der Waals surface area contributed by atoms with Crippen molar-refractivity contribution in [1.82, 2.24) is 0 Å². The van der Waals surface area contributed by atoms with Gasteiger partial charge in [0.25, 0.3) is 0 Å². The first-order valence-corrected chi connectivity index (χ1v) is 5.80. The van der Waals surface area contributed by atoms with Crippen LogP contribution < -0.4 is 4.74 Å². The van der Waals surface area contributed by atoms with Gasteiger partial charge >= 0.3 is 0 Å². The highest BCUT2D eigenvalue weighted by Crippen LogP contribution is 2.19. The van der Waals surface area contributed by atoms with Crippen molar-refractivity contribution in [3.8, 4) is 5.75 Å². The molecule has 0 aromatic heterocycles. The lowest BCUT2D eigenvalue weighted by molar-refractivity contribution is 0.0977. The van der Waals surface area contributed by atoms with Crippen LogP contribution in [0.3, 0.4) is 0 Å². The molecular formula is C14H19FO2. The standard InChI is InChI=1S/C14H19FO2/c1-14(2,3)17-12-8-6-11(7-9-12)13(16)5-4-10-15/h6-9H,4-5,10H2,1-3H3. The van der Waals surface area contributed by atoms with E-state index in [1.165, 1.54) is 0 Å². The maximum atomic E-state index is 11.9. The van der Waals surface area contributed by atoms with Crippen LogP contribution in [0.4, 0.5) is 4.39 Å². The molecule has 0 heterocycles. The molecule has 0 amide bonds. The molecule has 0 aliphatic carbocycles. The molecule has 0 unspecified atom stereocenters. The van der Waals surface area contributed by atoms with Gasteiger partial charge in [0.2, 0.25) is 0 Å². The Morgan fingerprint density at radius 1 is 1.24 bits per heavy atom. The zero-order valence-electron chi connectivity index (χ0n) is 10.6. The molecule has 0 bridgehead atoms. The minimum Gasteiger partial charge on any atom is -0.488 e. The summed E-state index contributed by atoms with van der Waals surface area (Å²) in [5, 5.41) is 0. The number of halogens is 1. The van der Waals surface area contributed by atoms with Crippen molar-refractivity contribution in [2.75, 3.05) is 6.67 Å². The number of ketones is 1. The van der Waals surface area contributed by atoms with Crippen molar-refractivity contribution in [2.24, 2.45) is 0 Å². The van der Waals surface area contributed by atoms with Gasteiger partial charge in [-0.05, 0) is 51.5 Å². The van der Waals surface area contributed by atoms with Crippen LogP contribution in [0.15, 0.2) is 24.3 Å². The Labute approximate surface area is 102 Å². The molecular weight excluding hydrogens is 219 g/mol. The molecule has 1 aromatic rings. The number of rotatable bonds is 5. The maximum absolute atomic E-state index is 11.9. The number of Topliss-reactive ketones (excluding diaryl/α,β-unsaturated/α-hetero) is 1. The molecule has 0 atom stereocenters. The van der Waals surface area contributed by atoms with Crippen LogP contribution in [0.25, 0.3) is 0 Å². The van der Waals surface area contributed by atoms with Gasteiger partial charge < -0.3 is 4.74 Å². The molecule has 0 spiro atoms. The summed E-state index contributed by atoms with van der Waals surface area (Å²) < 4.78 is 17.6. The highest BCUT2D eigenvalue weighted by molar-refractivity contribution is 5.96. The minimum atomic E-state index is -0.447. The Morgan fingerprint density at radius 3 is 2.29 bits per heavy atom. The fourth-order valence-electron chi connectivity index (χ4n) is 1.43. The Balaban J connectivity index is 2.64. The second-order valence-electron chi connectivity index (χ2n) is 4.95. The van der Waals surface area contributed by atoms with Crippen LogP contribution in [-0.4, -0.2) is 18.1 Å². The van der Waals surface area contributed by atoms with Crippen LogP contribution >= 0.6 is 0 Å². The summed E-state index contributed by atoms with van der Waals surface area (Å²) in [6.07, 6.45) is 0.551. The molecule has 1 rings (SSSR count). The van der Waals surface area contributed by atoms with Crippen molar-refractivity contribution in [2.45, 2.75) is 39.2 Å². The summed E-state index contributed by atoms with van der Waals surface area (Å²) in [7, 11) is 0. The van der Waals surface area contributed by atoms with Gasteiger partial charge in [-0.1, -0.05) is 0 Å². The monoisotopic (exact) mass is 238 g/mol. The number of carbonyl (C=O) groups is 1. The van der Waals surface area contributed by atoms with Gasteiger partial charge in [0.1, 0.15) is 11.4 Å². The highest BCUT2D eigenvalue weighted by Gasteiger charge is 2.12. The van der Waals surface area contributed by atoms with Gasteiger partial charge in [-0.2, -0.15) is 0 Å². The SMILES string of the molecule is CC(C)(C)Oc1ccc(C(=O)CCCF)cc1. The summed E-state index contributed by atoms with van der Waals surface area (Å²) in [4.78, 5) is 11.6. The predicted molar refractivity (Wildman–Crippen MR) is 66.4 cm³/mol. The molecule has 94 valence electrons. The molecule has 0 saturated carbocycles. The van der Waals surface area contributed by atoms with Gasteiger partial charge in [0.05, 0.1) is 6.67 Å². The number of carbonyl (C=O) groups excluding carboxylic acids is 1. The van der Waals surface area contributed by atoms with Gasteiger partial charge in [-0.3, -0.25) is 9.18 Å². The van der Waals surface area contributed by atoms with E-state index in [-0.39, 0.29) is 17.8 Å². The molecule has 2 nitrogen and oxygen atoms in total. The molecule has 3 heteroatoms. The van der Waals surface area contributed by atoms with Gasteiger partial charge in [0.15, 0.2) is 5.78 Å². The van der Waals surface area contributed by atoms with E-state index in [0.29, 0.717) is 12.0 Å². The second-order valence-corrected chi connectivity index (χ2v) is 4.95. The van der Waals surface area contributed by atoms with Crippen LogP contribution in [0, 0.1) is 0 Å². The van der Waals surface area contributed by atoms with Crippen LogP contribution in [0.5, 0.6) is 5.75 Å². The van der Waals surface area contributed by atoms with Crippen molar-refractivity contribution in [3.05, 3.63) is 29.8 Å². The van der Waals surface area contributed by atoms with E-state index in [1.807, 2.05) is 20.8 Å². The van der Waals surface area contributed by atoms with Crippen LogP contribution in [-0.2, 0) is 0 Å². The normalized spacial score (nSPS) is 11.3. The van der Waals surface area contributed by atoms with Crippen LogP contribution in [0.2, 0.25) is 0 Å². The fourth-order valence-corrected chi connectivity index (χ4v) is 1.43. The summed E-state index contributed by atoms with van der Waals surface area (Å²) in [6.45, 7) is 5.45. The number of benzene rings is 1. The van der Waals surface area contributed by atoms with E-state index in [0.717, 1.165) is 5.75 Å². The second kappa shape index (κ2) is 5.80. The van der Waals surface area contributed by atoms with Crippen molar-refractivity contribution >= 4 is 5.78 Å². The quantitative estimate of drug-likeness (QED) is 0.729. The van der Waals surface area contributed by atoms with Crippen LogP contribution in [0.1, 0.15) is 44.0 Å². The summed E-state index contributed by atoms with van der Waals surface area (Å²) in [5.74, 6) is 0.713. The summed E-state index contributed by atoms with van der Waals surface area (Å²) >= 11 is 0. The zero-order chi connectivity index (χ0) is 12.9. The lowest BCUT2D eigenvalue weighted by atomic mass is 10.1. The third-order valence-electron chi connectivity index (χ3n) is 2.14. The first kappa shape index (κ1) is 13.7. The zero-order valence-corrected chi connectivity index (χ0v) is 10.6. The molecule has 17 heavy (non-hydrogen) atoms. The van der Waals surface area contributed by atoms with Crippen molar-refractivity contribution in [1.29, 1.82) is 0 Å². The van der Waals surface area contributed by atoms with E-state index in [9.17, 15) is 9.18 Å². The lowest BCUT2D eigenvalue weighted by Gasteiger charge is -2.21. The first-order chi connectivity index (χ1) is 7.92. The average Bonchev–Trinajstić information content (AvgIpc) is 2.24. The Hall–Kier alpha value is -1.38. The first-order valence-electron chi connectivity index (χ1n) is 5.80. The van der Waals surface area contributed by atoms with Crippen molar-refractivity contribution < 1.29 is 13.9 Å². The lowest BCUT2D eigenvalue weighted by Crippen LogP contribution is -2.22. The topological polar surface area (TPSA) is 26.3 Å². The molecule has 0 aliphatic heterocycles. The van der Waals surface area contributed by atoms with E-state index in [1.54, 1.807) is 24.3 Å². The molecule has 0 N–H and O–H groups in total. The number of hydrogen-bond acceptors (Lipinski definition) is 2. The highest BCUT2D eigenvalue weighted by atomic mass is 19.1. The smallest absolute Gasteiger partial charge is 0.162 e. The average molecular weight is 238 g/mol. The molecule has 1 aromatic carbocycles. The van der Waals surface area contributed by atoms with E-state index >= 15 is 0 Å². The van der Waals surface area contributed by atoms with E-state index < -0.39 is 6.67 Å². The van der Waals surface area contributed by atoms with Gasteiger partial charge in [-0.25, -0.2) is 0 Å². The summed E-state index contributed by atoms with van der Waals surface area (Å²) in [5.41, 5.74) is 0.361. The Bertz CT molecular complexity index is 363. The Morgan fingerprint density at radius 2 is 1.82 bits per heavy atom. The van der Waals surface area contributed by atoms with Gasteiger partial charge in [-0.15, -0.1) is 0 Å². The largest absolute Gasteiger partial charge is 0.488 e. The number of ether oxygens (including phenoxy) is 1. The van der Waals surface area contributed by atoms with Crippen molar-refractivity contribution in [3.63, 3.8) is 0 Å². The predicted octanol–water partition coefficient (Wildman–Crippen LogP) is 3.80. The van der Waals surface area contributed by atoms with E-state index in [4.69, 9.17) is 4.74 Å². The fraction of sp³-hybridized carbons (Fsp3) is 0.500. The third-order valence-corrected chi connectivity index (χ3v) is 2.14. The number of hydrogen-bond donors (Lipinski definition) is 0. The number of alkyl halides is 1. The molecule has 0 fully saturated rings. The molecule has 0 radical (unpaired) electrons. The van der Waals surface area contributed by atoms with E-state index in [2.05, 4.69) is 0 Å². The maximum Gasteiger partial charge on any atom is 0.162 e. The molecule has 0 saturated heterocycles. The minimum absolute atomic E-state index is 0.0232. The van der Waals surface area contributed by atoms with Gasteiger partial charge in [0, 0.05) is 12.0 Å². The summed E-state index contributed by atoms with van der Waals surface area (Å²) in [6, 6.07) is 6.99. The third kappa shape index (κ3) is 4.98.